The maximum atomic E-state index is 6.97. The summed E-state index contributed by atoms with van der Waals surface area (Å²) in [6.45, 7) is 11.6. The van der Waals surface area contributed by atoms with E-state index >= 15 is 0 Å². The van der Waals surface area contributed by atoms with Crippen LogP contribution in [0.25, 0.3) is 54.6 Å². The van der Waals surface area contributed by atoms with E-state index in [1.807, 2.05) is 0 Å². The lowest BCUT2D eigenvalue weighted by Gasteiger charge is -2.30. The lowest BCUT2D eigenvalue weighted by Crippen LogP contribution is -2.17. The molecule has 0 spiro atoms. The zero-order chi connectivity index (χ0) is 32.1. The van der Waals surface area contributed by atoms with Crippen molar-refractivity contribution in [1.29, 1.82) is 0 Å². The normalized spacial score (nSPS) is 13.8. The Morgan fingerprint density at radius 2 is 1.19 bits per heavy atom. The van der Waals surface area contributed by atoms with Crippen molar-refractivity contribution in [2.45, 2.75) is 45.4 Å². The quantitative estimate of drug-likeness (QED) is 0.199. The van der Waals surface area contributed by atoms with Gasteiger partial charge in [-0.1, -0.05) is 144 Å². The van der Waals surface area contributed by atoms with Gasteiger partial charge < -0.3 is 9.32 Å². The summed E-state index contributed by atoms with van der Waals surface area (Å²) < 4.78 is 6.97. The number of hydrogen-bond donors (Lipinski definition) is 0. The fourth-order valence-corrected chi connectivity index (χ4v) is 8.17. The third-order valence-electron chi connectivity index (χ3n) is 10.3. The van der Waals surface area contributed by atoms with E-state index in [1.165, 1.54) is 49.4 Å². The van der Waals surface area contributed by atoms with Crippen molar-refractivity contribution in [3.63, 3.8) is 0 Å². The first-order valence-electron chi connectivity index (χ1n) is 16.6. The second kappa shape index (κ2) is 9.83. The largest absolute Gasteiger partial charge is 0.454 e. The Kier molecular flexibility index (Phi) is 5.84. The van der Waals surface area contributed by atoms with Crippen LogP contribution in [0.1, 0.15) is 51.3 Å². The van der Waals surface area contributed by atoms with Crippen LogP contribution in [-0.4, -0.2) is 0 Å². The highest BCUT2D eigenvalue weighted by molar-refractivity contribution is 6.15. The Labute approximate surface area is 275 Å². The minimum absolute atomic E-state index is 0.0480. The highest BCUT2D eigenvalue weighted by Crippen LogP contribution is 2.56. The van der Waals surface area contributed by atoms with E-state index in [-0.39, 0.29) is 10.8 Å². The van der Waals surface area contributed by atoms with Gasteiger partial charge >= 0.3 is 0 Å². The SMILES string of the molecule is CC(C)(C)c1cccc2c1oc1c(N(c3ccccc3)c3cc4c(c5ccccc35)-c3ccc5ccccc5c3C4(C)C)cccc12. The summed E-state index contributed by atoms with van der Waals surface area (Å²) >= 11 is 0. The van der Waals surface area contributed by atoms with E-state index in [4.69, 9.17) is 4.42 Å². The highest BCUT2D eigenvalue weighted by Gasteiger charge is 2.39. The zero-order valence-corrected chi connectivity index (χ0v) is 27.6. The van der Waals surface area contributed by atoms with E-state index < -0.39 is 0 Å². The summed E-state index contributed by atoms with van der Waals surface area (Å²) in [7, 11) is 0. The van der Waals surface area contributed by atoms with Gasteiger partial charge in [-0.05, 0) is 68.1 Å². The highest BCUT2D eigenvalue weighted by atomic mass is 16.3. The first-order chi connectivity index (χ1) is 22.7. The fourth-order valence-electron chi connectivity index (χ4n) is 8.17. The summed E-state index contributed by atoms with van der Waals surface area (Å²) in [6, 6.07) is 48.7. The number of para-hydroxylation sites is 3. The van der Waals surface area contributed by atoms with Crippen LogP contribution < -0.4 is 4.90 Å². The Hall–Kier alpha value is -5.34. The summed E-state index contributed by atoms with van der Waals surface area (Å²) in [5.41, 5.74) is 11.6. The van der Waals surface area contributed by atoms with Gasteiger partial charge in [0.25, 0.3) is 0 Å². The number of furan rings is 1. The smallest absolute Gasteiger partial charge is 0.159 e. The van der Waals surface area contributed by atoms with E-state index in [0.29, 0.717) is 0 Å². The van der Waals surface area contributed by atoms with Gasteiger partial charge in [-0.3, -0.25) is 0 Å². The molecule has 47 heavy (non-hydrogen) atoms. The Bertz CT molecular complexity index is 2530. The summed E-state index contributed by atoms with van der Waals surface area (Å²) in [4.78, 5) is 2.42. The molecule has 0 amide bonds. The molecule has 228 valence electrons. The monoisotopic (exact) mass is 607 g/mol. The number of nitrogens with zero attached hydrogens (tertiary/aromatic N) is 1. The number of fused-ring (bicyclic) bond motifs is 10. The Morgan fingerprint density at radius 1 is 0.553 bits per heavy atom. The van der Waals surface area contributed by atoms with Gasteiger partial charge in [0.15, 0.2) is 5.58 Å². The maximum Gasteiger partial charge on any atom is 0.159 e. The molecule has 0 saturated carbocycles. The Morgan fingerprint density at radius 3 is 1.96 bits per heavy atom. The van der Waals surface area contributed by atoms with Crippen molar-refractivity contribution in [3.8, 4) is 11.1 Å². The van der Waals surface area contributed by atoms with Crippen molar-refractivity contribution in [1.82, 2.24) is 0 Å². The van der Waals surface area contributed by atoms with Gasteiger partial charge in [-0.2, -0.15) is 0 Å². The van der Waals surface area contributed by atoms with Gasteiger partial charge in [0.05, 0.1) is 11.4 Å². The van der Waals surface area contributed by atoms with Crippen LogP contribution in [0.15, 0.2) is 138 Å². The Balaban J connectivity index is 1.38. The van der Waals surface area contributed by atoms with Gasteiger partial charge in [0.1, 0.15) is 5.58 Å². The minimum atomic E-state index is -0.195. The predicted octanol–water partition coefficient (Wildman–Crippen LogP) is 13.0. The molecule has 1 aromatic heterocycles. The molecule has 0 atom stereocenters. The molecule has 1 aliphatic rings. The van der Waals surface area contributed by atoms with Crippen LogP contribution in [0, 0.1) is 0 Å². The molecule has 8 aromatic rings. The molecule has 0 radical (unpaired) electrons. The van der Waals surface area contributed by atoms with Gasteiger partial charge in [0.2, 0.25) is 0 Å². The summed E-state index contributed by atoms with van der Waals surface area (Å²) in [5.74, 6) is 0. The topological polar surface area (TPSA) is 16.4 Å². The summed E-state index contributed by atoms with van der Waals surface area (Å²) in [5, 5.41) is 7.40. The van der Waals surface area contributed by atoms with Gasteiger partial charge in [-0.25, -0.2) is 0 Å². The average molecular weight is 608 g/mol. The van der Waals surface area contributed by atoms with E-state index in [1.54, 1.807) is 0 Å². The van der Waals surface area contributed by atoms with E-state index in [2.05, 4.69) is 173 Å². The molecule has 7 aromatic carbocycles. The number of benzene rings is 7. The molecule has 0 saturated heterocycles. The minimum Gasteiger partial charge on any atom is -0.454 e. The van der Waals surface area contributed by atoms with Crippen molar-refractivity contribution >= 4 is 60.5 Å². The molecule has 0 aliphatic heterocycles. The molecule has 1 heterocycles. The number of hydrogen-bond acceptors (Lipinski definition) is 2. The fraction of sp³-hybridized carbons (Fsp3) is 0.156. The second-order valence-electron chi connectivity index (χ2n) is 14.6. The zero-order valence-electron chi connectivity index (χ0n) is 27.6. The third-order valence-corrected chi connectivity index (χ3v) is 10.3. The molecule has 0 fully saturated rings. The molecule has 0 N–H and O–H groups in total. The maximum absolute atomic E-state index is 6.97. The van der Waals surface area contributed by atoms with Crippen LogP contribution in [0.5, 0.6) is 0 Å². The molecule has 1 aliphatic carbocycles. The first-order valence-corrected chi connectivity index (χ1v) is 16.6. The van der Waals surface area contributed by atoms with Crippen LogP contribution in [0.4, 0.5) is 17.1 Å². The van der Waals surface area contributed by atoms with Gasteiger partial charge in [0, 0.05) is 32.8 Å². The molecular weight excluding hydrogens is 571 g/mol. The van der Waals surface area contributed by atoms with Crippen LogP contribution in [-0.2, 0) is 10.8 Å². The van der Waals surface area contributed by atoms with Crippen LogP contribution in [0.3, 0.4) is 0 Å². The molecular formula is C45H37NO. The first kappa shape index (κ1) is 27.9. The molecule has 9 rings (SSSR count). The van der Waals surface area contributed by atoms with Gasteiger partial charge in [-0.15, -0.1) is 0 Å². The number of anilines is 3. The van der Waals surface area contributed by atoms with Crippen molar-refractivity contribution in [2.24, 2.45) is 0 Å². The average Bonchev–Trinajstić information content (AvgIpc) is 3.58. The lowest BCUT2D eigenvalue weighted by atomic mass is 9.79. The van der Waals surface area contributed by atoms with Crippen molar-refractivity contribution in [2.75, 3.05) is 4.90 Å². The van der Waals surface area contributed by atoms with Crippen LogP contribution in [0.2, 0.25) is 0 Å². The van der Waals surface area contributed by atoms with E-state index in [9.17, 15) is 0 Å². The second-order valence-corrected chi connectivity index (χ2v) is 14.6. The number of rotatable bonds is 3. The van der Waals surface area contributed by atoms with E-state index in [0.717, 1.165) is 39.0 Å². The third kappa shape index (κ3) is 3.97. The van der Waals surface area contributed by atoms with Crippen molar-refractivity contribution < 1.29 is 4.42 Å². The lowest BCUT2D eigenvalue weighted by molar-refractivity contribution is 0.573. The molecule has 2 nitrogen and oxygen atoms in total. The summed E-state index contributed by atoms with van der Waals surface area (Å²) in [6.07, 6.45) is 0. The molecule has 0 unspecified atom stereocenters. The molecule has 2 heteroatoms. The van der Waals surface area contributed by atoms with Crippen molar-refractivity contribution in [3.05, 3.63) is 150 Å². The standard InChI is InChI=1S/C45H37NO/c1-44(2,3)36-23-13-21-33-34-22-14-24-38(43(34)47-42(33)36)46(29-16-7-6-8-17-29)39-27-37-40(32-20-12-11-19-31(32)39)35-26-25-28-15-9-10-18-30(28)41(35)45(37,4)5/h6-27H,1-5H3. The predicted molar refractivity (Wildman–Crippen MR) is 200 cm³/mol. The van der Waals surface area contributed by atoms with Crippen LogP contribution >= 0.6 is 0 Å². The molecule has 0 bridgehead atoms.